The van der Waals surface area contributed by atoms with Crippen LogP contribution in [0, 0.1) is 5.92 Å². The number of amides is 1. The van der Waals surface area contributed by atoms with Gasteiger partial charge in [-0.3, -0.25) is 4.79 Å². The Labute approximate surface area is 108 Å². The molecule has 0 saturated heterocycles. The first-order valence-electron chi connectivity index (χ1n) is 5.76. The molecule has 94 valence electrons. The van der Waals surface area contributed by atoms with Crippen LogP contribution in [0.25, 0.3) is 0 Å². The van der Waals surface area contributed by atoms with Crippen molar-refractivity contribution < 1.29 is 4.79 Å². The van der Waals surface area contributed by atoms with Crippen molar-refractivity contribution in [1.29, 1.82) is 0 Å². The molecule has 0 aliphatic heterocycles. The number of rotatable bonds is 2. The molecule has 2 unspecified atom stereocenters. The van der Waals surface area contributed by atoms with E-state index in [9.17, 15) is 4.79 Å². The molecule has 0 bridgehead atoms. The van der Waals surface area contributed by atoms with Crippen molar-refractivity contribution in [2.75, 3.05) is 11.9 Å². The monoisotopic (exact) mass is 254 g/mol. The molecule has 1 aliphatic rings. The molecule has 1 fully saturated rings. The van der Waals surface area contributed by atoms with Crippen LogP contribution in [0.3, 0.4) is 0 Å². The van der Waals surface area contributed by atoms with Crippen molar-refractivity contribution in [3.8, 4) is 0 Å². The topological polar surface area (TPSA) is 46.3 Å². The Bertz CT molecular complexity index is 369. The number of nitrogens with zero attached hydrogens (tertiary/aromatic N) is 1. The molecule has 0 aromatic heterocycles. The number of hydrogen-bond donors (Lipinski definition) is 1. The maximum Gasteiger partial charge on any atom is 0.229 e. The van der Waals surface area contributed by atoms with Gasteiger partial charge in [-0.1, -0.05) is 18.2 Å². The minimum Gasteiger partial charge on any atom is -0.328 e. The van der Waals surface area contributed by atoms with Crippen molar-refractivity contribution in [1.82, 2.24) is 0 Å². The van der Waals surface area contributed by atoms with E-state index in [2.05, 4.69) is 0 Å². The lowest BCUT2D eigenvalue weighted by molar-refractivity contribution is -0.121. The fraction of sp³-hybridized carbons (Fsp3) is 0.462. The largest absolute Gasteiger partial charge is 0.328 e. The van der Waals surface area contributed by atoms with E-state index in [0.29, 0.717) is 0 Å². The van der Waals surface area contributed by atoms with Gasteiger partial charge < -0.3 is 10.6 Å². The summed E-state index contributed by atoms with van der Waals surface area (Å²) in [6.07, 6.45) is 2.73. The van der Waals surface area contributed by atoms with E-state index >= 15 is 0 Å². The third-order valence-electron chi connectivity index (χ3n) is 3.30. The van der Waals surface area contributed by atoms with Crippen molar-refractivity contribution in [3.63, 3.8) is 0 Å². The van der Waals surface area contributed by atoms with Gasteiger partial charge in [-0.25, -0.2) is 0 Å². The molecule has 0 heterocycles. The van der Waals surface area contributed by atoms with Crippen LogP contribution in [0.2, 0.25) is 0 Å². The van der Waals surface area contributed by atoms with Gasteiger partial charge in [0.25, 0.3) is 0 Å². The quantitative estimate of drug-likeness (QED) is 0.880. The summed E-state index contributed by atoms with van der Waals surface area (Å²) in [7, 11) is 1.83. The van der Waals surface area contributed by atoms with E-state index in [0.717, 1.165) is 24.9 Å². The van der Waals surface area contributed by atoms with Gasteiger partial charge in [-0.05, 0) is 31.4 Å². The Kier molecular flexibility index (Phi) is 4.97. The highest BCUT2D eigenvalue weighted by atomic mass is 35.5. The molecular weight excluding hydrogens is 236 g/mol. The number of para-hydroxylation sites is 1. The van der Waals surface area contributed by atoms with Gasteiger partial charge in [0.05, 0.1) is 0 Å². The summed E-state index contributed by atoms with van der Waals surface area (Å²) in [6, 6.07) is 9.95. The molecule has 1 aromatic rings. The summed E-state index contributed by atoms with van der Waals surface area (Å²) in [5, 5.41) is 0. The molecule has 0 spiro atoms. The maximum atomic E-state index is 12.2. The first-order valence-corrected chi connectivity index (χ1v) is 5.76. The van der Waals surface area contributed by atoms with Gasteiger partial charge in [0.1, 0.15) is 0 Å². The molecule has 2 rings (SSSR count). The van der Waals surface area contributed by atoms with Gasteiger partial charge in [-0.15, -0.1) is 12.4 Å². The minimum absolute atomic E-state index is 0. The van der Waals surface area contributed by atoms with Crippen molar-refractivity contribution in [2.45, 2.75) is 25.3 Å². The highest BCUT2D eigenvalue weighted by Crippen LogP contribution is 2.27. The van der Waals surface area contributed by atoms with E-state index in [1.165, 1.54) is 0 Å². The van der Waals surface area contributed by atoms with Crippen molar-refractivity contribution in [2.24, 2.45) is 11.7 Å². The Morgan fingerprint density at radius 2 is 1.94 bits per heavy atom. The normalized spacial score (nSPS) is 22.9. The second kappa shape index (κ2) is 6.03. The number of carbonyl (C=O) groups is 1. The Hall–Kier alpha value is -1.06. The first kappa shape index (κ1) is 14.0. The average Bonchev–Trinajstić information content (AvgIpc) is 2.75. The van der Waals surface area contributed by atoms with Crippen LogP contribution in [0.5, 0.6) is 0 Å². The van der Waals surface area contributed by atoms with Crippen LogP contribution in [0.1, 0.15) is 19.3 Å². The number of carbonyl (C=O) groups excluding carboxylic acids is 1. The molecule has 0 radical (unpaired) electrons. The number of benzene rings is 1. The van der Waals surface area contributed by atoms with E-state index in [4.69, 9.17) is 5.73 Å². The zero-order valence-electron chi connectivity index (χ0n) is 10.0. The van der Waals surface area contributed by atoms with E-state index in [-0.39, 0.29) is 30.3 Å². The molecule has 4 heteroatoms. The molecule has 1 amide bonds. The summed E-state index contributed by atoms with van der Waals surface area (Å²) in [4.78, 5) is 13.9. The van der Waals surface area contributed by atoms with Crippen molar-refractivity contribution in [3.05, 3.63) is 30.3 Å². The second-order valence-corrected chi connectivity index (χ2v) is 4.50. The molecule has 2 atom stereocenters. The Morgan fingerprint density at radius 1 is 1.29 bits per heavy atom. The number of anilines is 1. The summed E-state index contributed by atoms with van der Waals surface area (Å²) in [5.41, 5.74) is 6.78. The minimum atomic E-state index is 0. The van der Waals surface area contributed by atoms with Crippen molar-refractivity contribution >= 4 is 24.0 Å². The predicted octanol–water partition coefficient (Wildman–Crippen LogP) is 2.20. The summed E-state index contributed by atoms with van der Waals surface area (Å²) < 4.78 is 0. The van der Waals surface area contributed by atoms with Crippen LogP contribution < -0.4 is 10.6 Å². The number of halogens is 1. The highest BCUT2D eigenvalue weighted by Gasteiger charge is 2.30. The van der Waals surface area contributed by atoms with E-state index in [1.54, 1.807) is 4.90 Å². The van der Waals surface area contributed by atoms with E-state index < -0.39 is 0 Å². The molecule has 17 heavy (non-hydrogen) atoms. The molecular formula is C13H19ClN2O. The van der Waals surface area contributed by atoms with Gasteiger partial charge in [0, 0.05) is 24.7 Å². The lowest BCUT2D eigenvalue weighted by Gasteiger charge is -2.21. The lowest BCUT2D eigenvalue weighted by Crippen LogP contribution is -2.32. The number of hydrogen-bond acceptors (Lipinski definition) is 2. The van der Waals surface area contributed by atoms with Crippen LogP contribution >= 0.6 is 12.4 Å². The zero-order chi connectivity index (χ0) is 11.5. The first-order chi connectivity index (χ1) is 7.68. The highest BCUT2D eigenvalue weighted by molar-refractivity contribution is 5.94. The number of nitrogens with two attached hydrogens (primary N) is 1. The SMILES string of the molecule is CN(C(=O)C1CCC(N)C1)c1ccccc1.Cl. The third kappa shape index (κ3) is 3.20. The Morgan fingerprint density at radius 3 is 2.47 bits per heavy atom. The summed E-state index contributed by atoms with van der Waals surface area (Å²) in [6.45, 7) is 0. The fourth-order valence-electron chi connectivity index (χ4n) is 2.29. The molecule has 3 nitrogen and oxygen atoms in total. The van der Waals surface area contributed by atoms with Crippen LogP contribution in [-0.4, -0.2) is 19.0 Å². The van der Waals surface area contributed by atoms with Gasteiger partial charge >= 0.3 is 0 Å². The van der Waals surface area contributed by atoms with E-state index in [1.807, 2.05) is 37.4 Å². The fourth-order valence-corrected chi connectivity index (χ4v) is 2.29. The predicted molar refractivity (Wildman–Crippen MR) is 72.4 cm³/mol. The molecule has 1 aromatic carbocycles. The zero-order valence-corrected chi connectivity index (χ0v) is 10.8. The molecule has 1 aliphatic carbocycles. The second-order valence-electron chi connectivity index (χ2n) is 4.50. The summed E-state index contributed by atoms with van der Waals surface area (Å²) >= 11 is 0. The average molecular weight is 255 g/mol. The lowest BCUT2D eigenvalue weighted by atomic mass is 10.1. The maximum absolute atomic E-state index is 12.2. The van der Waals surface area contributed by atoms with Crippen LogP contribution in [0.4, 0.5) is 5.69 Å². The third-order valence-corrected chi connectivity index (χ3v) is 3.30. The van der Waals surface area contributed by atoms with Crippen LogP contribution in [0.15, 0.2) is 30.3 Å². The van der Waals surface area contributed by atoms with Gasteiger partial charge in [0.2, 0.25) is 5.91 Å². The smallest absolute Gasteiger partial charge is 0.229 e. The van der Waals surface area contributed by atoms with Gasteiger partial charge in [-0.2, -0.15) is 0 Å². The Balaban J connectivity index is 0.00000144. The summed E-state index contributed by atoms with van der Waals surface area (Å²) in [5.74, 6) is 0.305. The molecule has 1 saturated carbocycles. The standard InChI is InChI=1S/C13H18N2O.ClH/c1-15(12-5-3-2-4-6-12)13(16)10-7-8-11(14)9-10;/h2-6,10-11H,7-9,14H2,1H3;1H. The molecule has 2 N–H and O–H groups in total. The van der Waals surface area contributed by atoms with Gasteiger partial charge in [0.15, 0.2) is 0 Å². The van der Waals surface area contributed by atoms with Crippen LogP contribution in [-0.2, 0) is 4.79 Å².